The SMILES string of the molecule is COc1ccc(OC)c(S(=O)(=O)N2CCCN(S(=O)(=O)c3cn(C)c(C)n3)CC2)c1. The van der Waals surface area contributed by atoms with Gasteiger partial charge in [-0.3, -0.25) is 0 Å². The molecule has 2 heterocycles. The summed E-state index contributed by atoms with van der Waals surface area (Å²) in [6, 6.07) is 4.55. The minimum absolute atomic E-state index is 0.0130. The molecule has 1 aliphatic heterocycles. The smallest absolute Gasteiger partial charge is 0.262 e. The zero-order chi connectivity index (χ0) is 22.1. The first kappa shape index (κ1) is 22.5. The zero-order valence-corrected chi connectivity index (χ0v) is 19.0. The number of benzene rings is 1. The molecule has 0 bridgehead atoms. The molecule has 166 valence electrons. The Kier molecular flexibility index (Phi) is 6.41. The molecule has 0 amide bonds. The van der Waals surface area contributed by atoms with E-state index in [4.69, 9.17) is 9.47 Å². The van der Waals surface area contributed by atoms with Crippen LogP contribution in [0.5, 0.6) is 11.5 Å². The third-order valence-electron chi connectivity index (χ3n) is 5.09. The number of nitrogens with zero attached hydrogens (tertiary/aromatic N) is 4. The van der Waals surface area contributed by atoms with Gasteiger partial charge in [-0.05, 0) is 25.5 Å². The fourth-order valence-corrected chi connectivity index (χ4v) is 6.39. The molecular formula is C18H26N4O6S2. The maximum Gasteiger partial charge on any atom is 0.262 e. The van der Waals surface area contributed by atoms with Gasteiger partial charge in [0.25, 0.3) is 10.0 Å². The van der Waals surface area contributed by atoms with E-state index in [9.17, 15) is 16.8 Å². The van der Waals surface area contributed by atoms with Crippen LogP contribution in [-0.4, -0.2) is 75.4 Å². The fourth-order valence-electron chi connectivity index (χ4n) is 3.26. The predicted octanol–water partition coefficient (Wildman–Crippen LogP) is 0.831. The lowest BCUT2D eigenvalue weighted by molar-refractivity contribution is 0.382. The van der Waals surface area contributed by atoms with Crippen LogP contribution in [0.4, 0.5) is 0 Å². The minimum Gasteiger partial charge on any atom is -0.497 e. The molecule has 1 aromatic heterocycles. The number of methoxy groups -OCH3 is 2. The van der Waals surface area contributed by atoms with Gasteiger partial charge in [-0.1, -0.05) is 0 Å². The van der Waals surface area contributed by atoms with E-state index in [2.05, 4.69) is 4.98 Å². The van der Waals surface area contributed by atoms with Gasteiger partial charge in [-0.2, -0.15) is 8.61 Å². The number of aromatic nitrogens is 2. The van der Waals surface area contributed by atoms with Gasteiger partial charge >= 0.3 is 0 Å². The molecule has 1 aromatic carbocycles. The van der Waals surface area contributed by atoms with E-state index in [-0.39, 0.29) is 41.8 Å². The lowest BCUT2D eigenvalue weighted by Gasteiger charge is -2.22. The molecule has 0 N–H and O–H groups in total. The Morgan fingerprint density at radius 3 is 2.10 bits per heavy atom. The Morgan fingerprint density at radius 1 is 0.933 bits per heavy atom. The summed E-state index contributed by atoms with van der Waals surface area (Å²) in [7, 11) is -3.15. The summed E-state index contributed by atoms with van der Waals surface area (Å²) in [5.41, 5.74) is 0. The summed E-state index contributed by atoms with van der Waals surface area (Å²) in [6.45, 7) is 2.17. The maximum absolute atomic E-state index is 13.3. The van der Waals surface area contributed by atoms with Crippen molar-refractivity contribution >= 4 is 20.0 Å². The normalized spacial score (nSPS) is 16.9. The van der Waals surface area contributed by atoms with Crippen molar-refractivity contribution in [3.05, 3.63) is 30.2 Å². The van der Waals surface area contributed by atoms with E-state index in [1.807, 2.05) is 0 Å². The van der Waals surface area contributed by atoms with Crippen molar-refractivity contribution in [3.63, 3.8) is 0 Å². The highest BCUT2D eigenvalue weighted by Crippen LogP contribution is 2.31. The van der Waals surface area contributed by atoms with Crippen LogP contribution in [0.2, 0.25) is 0 Å². The molecule has 12 heteroatoms. The van der Waals surface area contributed by atoms with E-state index >= 15 is 0 Å². The van der Waals surface area contributed by atoms with Gasteiger partial charge < -0.3 is 14.0 Å². The molecular weight excluding hydrogens is 432 g/mol. The fraction of sp³-hybridized carbons (Fsp3) is 0.500. The molecule has 0 saturated carbocycles. The number of hydrogen-bond acceptors (Lipinski definition) is 7. The quantitative estimate of drug-likeness (QED) is 0.630. The molecule has 0 atom stereocenters. The van der Waals surface area contributed by atoms with Gasteiger partial charge in [-0.25, -0.2) is 21.8 Å². The molecule has 2 aromatic rings. The first-order chi connectivity index (χ1) is 14.1. The molecule has 0 aliphatic carbocycles. The molecule has 1 aliphatic rings. The summed E-state index contributed by atoms with van der Waals surface area (Å²) in [6.07, 6.45) is 1.82. The maximum atomic E-state index is 13.3. The van der Waals surface area contributed by atoms with Gasteiger partial charge in [-0.15, -0.1) is 0 Å². The minimum atomic E-state index is -3.91. The van der Waals surface area contributed by atoms with E-state index in [0.717, 1.165) is 0 Å². The second-order valence-electron chi connectivity index (χ2n) is 6.92. The van der Waals surface area contributed by atoms with Crippen LogP contribution in [-0.2, 0) is 27.1 Å². The first-order valence-electron chi connectivity index (χ1n) is 9.33. The van der Waals surface area contributed by atoms with Crippen molar-refractivity contribution in [2.24, 2.45) is 7.05 Å². The summed E-state index contributed by atoms with van der Waals surface area (Å²) >= 11 is 0. The predicted molar refractivity (Wildman–Crippen MR) is 110 cm³/mol. The third-order valence-corrected chi connectivity index (χ3v) is 8.78. The molecule has 10 nitrogen and oxygen atoms in total. The lowest BCUT2D eigenvalue weighted by atomic mass is 10.3. The largest absolute Gasteiger partial charge is 0.497 e. The van der Waals surface area contributed by atoms with Gasteiger partial charge in [0.15, 0.2) is 5.03 Å². The number of sulfonamides is 2. The Bertz CT molecular complexity index is 1110. The second kappa shape index (κ2) is 8.53. The highest BCUT2D eigenvalue weighted by Gasteiger charge is 2.34. The monoisotopic (exact) mass is 458 g/mol. The van der Waals surface area contributed by atoms with Crippen LogP contribution < -0.4 is 9.47 Å². The molecule has 1 fully saturated rings. The lowest BCUT2D eigenvalue weighted by Crippen LogP contribution is -2.37. The van der Waals surface area contributed by atoms with Crippen molar-refractivity contribution in [1.29, 1.82) is 0 Å². The highest BCUT2D eigenvalue weighted by molar-refractivity contribution is 7.89. The summed E-state index contributed by atoms with van der Waals surface area (Å²) in [5, 5.41) is -0.0340. The molecule has 3 rings (SSSR count). The number of hydrogen-bond donors (Lipinski definition) is 0. The van der Waals surface area contributed by atoms with Crippen molar-refractivity contribution in [2.45, 2.75) is 23.3 Å². The molecule has 0 unspecified atom stereocenters. The number of imidazole rings is 1. The number of ether oxygens (including phenoxy) is 2. The van der Waals surface area contributed by atoms with E-state index < -0.39 is 20.0 Å². The number of rotatable bonds is 6. The van der Waals surface area contributed by atoms with Crippen LogP contribution in [0.25, 0.3) is 0 Å². The molecule has 0 radical (unpaired) electrons. The van der Waals surface area contributed by atoms with E-state index in [0.29, 0.717) is 18.0 Å². The van der Waals surface area contributed by atoms with Crippen LogP contribution >= 0.6 is 0 Å². The van der Waals surface area contributed by atoms with Gasteiger partial charge in [0, 0.05) is 45.5 Å². The van der Waals surface area contributed by atoms with Gasteiger partial charge in [0.2, 0.25) is 10.0 Å². The standard InChI is InChI=1S/C18H26N4O6S2/c1-14-19-18(13-20(14)2)30(25,26)22-9-5-8-21(10-11-22)29(23,24)17-12-15(27-3)6-7-16(17)28-4/h6-7,12-13H,5,8-11H2,1-4H3. The first-order valence-corrected chi connectivity index (χ1v) is 12.2. The second-order valence-corrected chi connectivity index (χ2v) is 10.7. The molecule has 1 saturated heterocycles. The van der Waals surface area contributed by atoms with Crippen molar-refractivity contribution in [1.82, 2.24) is 18.2 Å². The van der Waals surface area contributed by atoms with Crippen molar-refractivity contribution in [2.75, 3.05) is 40.4 Å². The van der Waals surface area contributed by atoms with Crippen LogP contribution in [0.3, 0.4) is 0 Å². The average Bonchev–Trinajstić information content (AvgIpc) is 2.93. The van der Waals surface area contributed by atoms with Crippen molar-refractivity contribution < 1.29 is 26.3 Å². The van der Waals surface area contributed by atoms with Crippen LogP contribution in [0.15, 0.2) is 34.3 Å². The highest BCUT2D eigenvalue weighted by atomic mass is 32.2. The van der Waals surface area contributed by atoms with Gasteiger partial charge in [0.1, 0.15) is 22.2 Å². The van der Waals surface area contributed by atoms with E-state index in [1.165, 1.54) is 41.2 Å². The van der Waals surface area contributed by atoms with Gasteiger partial charge in [0.05, 0.1) is 14.2 Å². The summed E-state index contributed by atoms with van der Waals surface area (Å²) in [5.74, 6) is 1.17. The summed E-state index contributed by atoms with van der Waals surface area (Å²) < 4.78 is 67.0. The van der Waals surface area contributed by atoms with Crippen LogP contribution in [0, 0.1) is 6.92 Å². The Labute approximate surface area is 177 Å². The van der Waals surface area contributed by atoms with Crippen molar-refractivity contribution in [3.8, 4) is 11.5 Å². The van der Waals surface area contributed by atoms with Crippen LogP contribution in [0.1, 0.15) is 12.2 Å². The average molecular weight is 459 g/mol. The zero-order valence-electron chi connectivity index (χ0n) is 17.4. The Hall–Kier alpha value is -2.15. The Morgan fingerprint density at radius 2 is 1.57 bits per heavy atom. The molecule has 0 spiro atoms. The Balaban J connectivity index is 1.86. The summed E-state index contributed by atoms with van der Waals surface area (Å²) in [4.78, 5) is 4.10. The third kappa shape index (κ3) is 4.17. The topological polar surface area (TPSA) is 111 Å². The van der Waals surface area contributed by atoms with E-state index in [1.54, 1.807) is 24.6 Å². The molecule has 30 heavy (non-hydrogen) atoms. The number of aryl methyl sites for hydroxylation is 2.